The van der Waals surface area contributed by atoms with E-state index in [0.29, 0.717) is 39.8 Å². The number of nitrogens with one attached hydrogen (secondary N) is 2. The van der Waals surface area contributed by atoms with E-state index in [1.165, 1.54) is 0 Å². The molecule has 34 heavy (non-hydrogen) atoms. The third-order valence-electron chi connectivity index (χ3n) is 5.65. The van der Waals surface area contributed by atoms with Gasteiger partial charge in [0, 0.05) is 34.3 Å². The molecule has 0 radical (unpaired) electrons. The molecule has 2 N–H and O–H groups in total. The monoisotopic (exact) mass is 475 g/mol. The Labute approximate surface area is 200 Å². The van der Waals surface area contributed by atoms with Gasteiger partial charge in [-0.2, -0.15) is 0 Å². The summed E-state index contributed by atoms with van der Waals surface area (Å²) in [6.07, 6.45) is 0. The standard InChI is InChI=1S/C26H22ClN3O4/c1-16-2-4-17(5-3-16)13-30(26(32)28-21-8-6-20(27)7-9-21)14-19-10-18-11-23-24(34-15-33-23)12-22(18)29-25(19)31/h2-12H,13-15H2,1H3,(H,28,32)(H,29,31). The molecule has 0 bridgehead atoms. The van der Waals surface area contributed by atoms with Crippen LogP contribution >= 0.6 is 11.6 Å². The number of hydrogen-bond donors (Lipinski definition) is 2. The predicted octanol–water partition coefficient (Wildman–Crippen LogP) is 5.45. The maximum Gasteiger partial charge on any atom is 0.322 e. The molecule has 4 aromatic rings. The summed E-state index contributed by atoms with van der Waals surface area (Å²) in [4.78, 5) is 30.6. The van der Waals surface area contributed by atoms with E-state index in [1.54, 1.807) is 41.3 Å². The number of pyridine rings is 1. The van der Waals surface area contributed by atoms with Crippen molar-refractivity contribution in [1.82, 2.24) is 9.88 Å². The topological polar surface area (TPSA) is 83.7 Å². The van der Waals surface area contributed by atoms with Crippen LogP contribution in [0.3, 0.4) is 0 Å². The average molecular weight is 476 g/mol. The molecule has 0 aliphatic carbocycles. The van der Waals surface area contributed by atoms with Gasteiger partial charge in [0.15, 0.2) is 11.5 Å². The fraction of sp³-hybridized carbons (Fsp3) is 0.154. The number of ether oxygens (including phenoxy) is 2. The average Bonchev–Trinajstić information content (AvgIpc) is 3.27. The fourth-order valence-corrected chi connectivity index (χ4v) is 3.94. The number of aromatic amines is 1. The maximum absolute atomic E-state index is 13.2. The number of H-pyrrole nitrogens is 1. The summed E-state index contributed by atoms with van der Waals surface area (Å²) in [7, 11) is 0. The highest BCUT2D eigenvalue weighted by molar-refractivity contribution is 6.30. The van der Waals surface area contributed by atoms with Gasteiger partial charge in [-0.05, 0) is 48.9 Å². The van der Waals surface area contributed by atoms with Crippen molar-refractivity contribution in [2.45, 2.75) is 20.0 Å². The number of rotatable bonds is 5. The summed E-state index contributed by atoms with van der Waals surface area (Å²) in [5, 5.41) is 4.27. The number of benzene rings is 3. The highest BCUT2D eigenvalue weighted by Gasteiger charge is 2.19. The highest BCUT2D eigenvalue weighted by atomic mass is 35.5. The van der Waals surface area contributed by atoms with Gasteiger partial charge in [0.2, 0.25) is 6.79 Å². The first kappa shape index (κ1) is 21.9. The van der Waals surface area contributed by atoms with Crippen molar-refractivity contribution in [3.63, 3.8) is 0 Å². The number of urea groups is 1. The number of amides is 2. The second kappa shape index (κ2) is 9.11. The molecule has 1 aliphatic heterocycles. The summed E-state index contributed by atoms with van der Waals surface area (Å²) in [6, 6.07) is 19.9. The Morgan fingerprint density at radius 3 is 2.44 bits per heavy atom. The van der Waals surface area contributed by atoms with Crippen LogP contribution in [-0.4, -0.2) is 22.7 Å². The van der Waals surface area contributed by atoms with Gasteiger partial charge in [-0.25, -0.2) is 4.79 Å². The summed E-state index contributed by atoms with van der Waals surface area (Å²) >= 11 is 5.96. The van der Waals surface area contributed by atoms with Crippen molar-refractivity contribution < 1.29 is 14.3 Å². The molecule has 0 saturated carbocycles. The van der Waals surface area contributed by atoms with Crippen molar-refractivity contribution in [1.29, 1.82) is 0 Å². The maximum atomic E-state index is 13.2. The van der Waals surface area contributed by atoms with Gasteiger partial charge in [-0.1, -0.05) is 41.4 Å². The molecule has 2 amide bonds. The van der Waals surface area contributed by atoms with E-state index in [-0.39, 0.29) is 24.9 Å². The van der Waals surface area contributed by atoms with Crippen molar-refractivity contribution in [2.24, 2.45) is 0 Å². The smallest absolute Gasteiger partial charge is 0.322 e. The van der Waals surface area contributed by atoms with Crippen LogP contribution in [0.1, 0.15) is 16.7 Å². The summed E-state index contributed by atoms with van der Waals surface area (Å²) in [5.41, 5.74) is 3.55. The van der Waals surface area contributed by atoms with Crippen LogP contribution in [0.4, 0.5) is 10.5 Å². The summed E-state index contributed by atoms with van der Waals surface area (Å²) in [5.74, 6) is 1.22. The third kappa shape index (κ3) is 4.70. The van der Waals surface area contributed by atoms with Crippen molar-refractivity contribution in [2.75, 3.05) is 12.1 Å². The van der Waals surface area contributed by atoms with E-state index in [4.69, 9.17) is 21.1 Å². The van der Waals surface area contributed by atoms with Crippen molar-refractivity contribution in [3.05, 3.63) is 98.8 Å². The molecule has 0 atom stereocenters. The molecule has 0 unspecified atom stereocenters. The number of aromatic nitrogens is 1. The number of anilines is 1. The van der Waals surface area contributed by atoms with E-state index in [0.717, 1.165) is 16.5 Å². The molecule has 172 valence electrons. The zero-order valence-corrected chi connectivity index (χ0v) is 19.2. The van der Waals surface area contributed by atoms with Crippen LogP contribution in [0.15, 0.2) is 71.5 Å². The molecule has 0 saturated heterocycles. The van der Waals surface area contributed by atoms with E-state index >= 15 is 0 Å². The number of halogens is 1. The van der Waals surface area contributed by atoms with E-state index in [1.807, 2.05) is 37.3 Å². The Morgan fingerprint density at radius 1 is 1.00 bits per heavy atom. The molecule has 2 heterocycles. The first-order valence-corrected chi connectivity index (χ1v) is 11.1. The van der Waals surface area contributed by atoms with Gasteiger partial charge < -0.3 is 24.7 Å². The van der Waals surface area contributed by atoms with Crippen LogP contribution < -0.4 is 20.3 Å². The minimum atomic E-state index is -0.326. The molecule has 1 aliphatic rings. The molecule has 0 fully saturated rings. The highest BCUT2D eigenvalue weighted by Crippen LogP contribution is 2.35. The summed E-state index contributed by atoms with van der Waals surface area (Å²) in [6.45, 7) is 2.61. The zero-order valence-electron chi connectivity index (χ0n) is 18.4. The van der Waals surface area contributed by atoms with E-state index in [2.05, 4.69) is 10.3 Å². The molecule has 8 heteroatoms. The third-order valence-corrected chi connectivity index (χ3v) is 5.90. The molecular weight excluding hydrogens is 454 g/mol. The second-order valence-corrected chi connectivity index (χ2v) is 8.63. The molecule has 7 nitrogen and oxygen atoms in total. The molecule has 1 aromatic heterocycles. The van der Waals surface area contributed by atoms with E-state index in [9.17, 15) is 9.59 Å². The summed E-state index contributed by atoms with van der Waals surface area (Å²) < 4.78 is 10.9. The van der Waals surface area contributed by atoms with Gasteiger partial charge >= 0.3 is 6.03 Å². The Hall–Kier alpha value is -3.97. The van der Waals surface area contributed by atoms with Gasteiger partial charge in [0.1, 0.15) is 0 Å². The van der Waals surface area contributed by atoms with Crippen LogP contribution in [0.2, 0.25) is 5.02 Å². The van der Waals surface area contributed by atoms with Crippen LogP contribution in [0.5, 0.6) is 11.5 Å². The number of fused-ring (bicyclic) bond motifs is 2. The minimum Gasteiger partial charge on any atom is -0.454 e. The first-order valence-electron chi connectivity index (χ1n) is 10.8. The molecule has 3 aromatic carbocycles. The first-order chi connectivity index (χ1) is 16.4. The quantitative estimate of drug-likeness (QED) is 0.402. The largest absolute Gasteiger partial charge is 0.454 e. The number of aryl methyl sites for hydroxylation is 1. The fourth-order valence-electron chi connectivity index (χ4n) is 3.81. The lowest BCUT2D eigenvalue weighted by Crippen LogP contribution is -2.35. The second-order valence-electron chi connectivity index (χ2n) is 8.20. The van der Waals surface area contributed by atoms with Crippen LogP contribution in [0, 0.1) is 6.92 Å². The normalized spacial score (nSPS) is 12.1. The Bertz CT molecular complexity index is 1420. The Morgan fingerprint density at radius 2 is 1.71 bits per heavy atom. The van der Waals surface area contributed by atoms with Crippen molar-refractivity contribution >= 4 is 34.2 Å². The number of nitrogens with zero attached hydrogens (tertiary/aromatic N) is 1. The van der Waals surface area contributed by atoms with Gasteiger partial charge in [-0.3, -0.25) is 4.79 Å². The van der Waals surface area contributed by atoms with Gasteiger partial charge in [0.25, 0.3) is 5.56 Å². The number of hydrogen-bond acceptors (Lipinski definition) is 4. The Balaban J connectivity index is 1.45. The Kier molecular flexibility index (Phi) is 5.86. The molecule has 5 rings (SSSR count). The zero-order chi connectivity index (χ0) is 23.7. The lowest BCUT2D eigenvalue weighted by Gasteiger charge is -2.23. The predicted molar refractivity (Wildman–Crippen MR) is 132 cm³/mol. The molecular formula is C26H22ClN3O4. The lowest BCUT2D eigenvalue weighted by atomic mass is 10.1. The number of carbonyl (C=O) groups excluding carboxylic acids is 1. The lowest BCUT2D eigenvalue weighted by molar-refractivity contribution is 0.174. The minimum absolute atomic E-state index is 0.118. The SMILES string of the molecule is Cc1ccc(CN(Cc2cc3cc4c(cc3[nH]c2=O)OCO4)C(=O)Nc2ccc(Cl)cc2)cc1. The van der Waals surface area contributed by atoms with Crippen LogP contribution in [-0.2, 0) is 13.1 Å². The number of carbonyl (C=O) groups is 1. The van der Waals surface area contributed by atoms with Gasteiger partial charge in [-0.15, -0.1) is 0 Å². The van der Waals surface area contributed by atoms with Crippen molar-refractivity contribution in [3.8, 4) is 11.5 Å². The van der Waals surface area contributed by atoms with E-state index < -0.39 is 0 Å². The molecule has 0 spiro atoms. The van der Waals surface area contributed by atoms with Crippen LogP contribution in [0.25, 0.3) is 10.9 Å². The van der Waals surface area contributed by atoms with Gasteiger partial charge in [0.05, 0.1) is 12.1 Å².